The van der Waals surface area contributed by atoms with Gasteiger partial charge in [-0.2, -0.15) is 4.98 Å². The molecule has 3 aromatic rings. The van der Waals surface area contributed by atoms with Crippen LogP contribution in [0.4, 0.5) is 0 Å². The van der Waals surface area contributed by atoms with Crippen LogP contribution < -0.4 is 23.7 Å². The van der Waals surface area contributed by atoms with Gasteiger partial charge in [-0.15, -0.1) is 0 Å². The molecule has 0 amide bonds. The normalized spacial score (nSPS) is 13.9. The van der Waals surface area contributed by atoms with E-state index >= 15 is 0 Å². The van der Waals surface area contributed by atoms with E-state index in [1.807, 2.05) is 30.3 Å². The molecular formula is C24H29N3O5. The van der Waals surface area contributed by atoms with E-state index in [0.29, 0.717) is 46.5 Å². The minimum Gasteiger partial charge on any atom is -0.497 e. The summed E-state index contributed by atoms with van der Waals surface area (Å²) >= 11 is 0. The Bertz CT molecular complexity index is 1070. The number of likely N-dealkylation sites (tertiary alicyclic amines) is 1. The molecule has 8 heteroatoms. The topological polar surface area (TPSA) is 75.2 Å². The maximum atomic E-state index is 6.19. The van der Waals surface area contributed by atoms with Crippen LogP contribution in [0.15, 0.2) is 30.3 Å². The number of ether oxygens (including phenoxy) is 5. The summed E-state index contributed by atoms with van der Waals surface area (Å²) in [5.41, 5.74) is 1.44. The fourth-order valence-corrected chi connectivity index (χ4v) is 3.96. The number of aromatic nitrogens is 2. The highest BCUT2D eigenvalue weighted by Crippen LogP contribution is 2.45. The van der Waals surface area contributed by atoms with Crippen molar-refractivity contribution in [3.05, 3.63) is 30.3 Å². The molecule has 2 aromatic carbocycles. The second-order valence-corrected chi connectivity index (χ2v) is 7.52. The molecule has 0 radical (unpaired) electrons. The van der Waals surface area contributed by atoms with Crippen LogP contribution in [-0.2, 0) is 0 Å². The second kappa shape index (κ2) is 9.91. The Balaban J connectivity index is 1.80. The molecule has 1 aromatic heterocycles. The van der Waals surface area contributed by atoms with Gasteiger partial charge in [0.2, 0.25) is 11.6 Å². The third kappa shape index (κ3) is 4.36. The lowest BCUT2D eigenvalue weighted by Crippen LogP contribution is -2.25. The zero-order valence-electron chi connectivity index (χ0n) is 19.0. The molecule has 1 saturated heterocycles. The van der Waals surface area contributed by atoms with Gasteiger partial charge in [0.1, 0.15) is 17.9 Å². The van der Waals surface area contributed by atoms with Gasteiger partial charge in [-0.3, -0.25) is 4.90 Å². The third-order valence-electron chi connectivity index (χ3n) is 5.65. The van der Waals surface area contributed by atoms with Crippen molar-refractivity contribution in [3.8, 4) is 40.3 Å². The number of nitrogens with zero attached hydrogens (tertiary/aromatic N) is 3. The minimum atomic E-state index is 0.475. The number of rotatable bonds is 9. The molecule has 0 spiro atoms. The number of hydrogen-bond acceptors (Lipinski definition) is 8. The van der Waals surface area contributed by atoms with E-state index in [2.05, 4.69) is 4.90 Å². The Kier molecular flexibility index (Phi) is 6.80. The fraction of sp³-hybridized carbons (Fsp3) is 0.417. The molecule has 1 aliphatic heterocycles. The van der Waals surface area contributed by atoms with E-state index in [9.17, 15) is 0 Å². The SMILES string of the molecule is COc1ccc(-c2nc(OCCN3CCCC3)c3cc(OC)c(OC)c(OC)c3n2)cc1. The monoisotopic (exact) mass is 439 g/mol. The Hall–Kier alpha value is -3.26. The number of hydrogen-bond donors (Lipinski definition) is 0. The largest absolute Gasteiger partial charge is 0.497 e. The van der Waals surface area contributed by atoms with Crippen LogP contribution in [0.25, 0.3) is 22.3 Å². The van der Waals surface area contributed by atoms with E-state index in [1.165, 1.54) is 12.8 Å². The highest BCUT2D eigenvalue weighted by atomic mass is 16.5. The van der Waals surface area contributed by atoms with E-state index < -0.39 is 0 Å². The Labute approximate surface area is 188 Å². The van der Waals surface area contributed by atoms with Gasteiger partial charge in [0.15, 0.2) is 17.3 Å². The van der Waals surface area contributed by atoms with E-state index in [-0.39, 0.29) is 0 Å². The maximum Gasteiger partial charge on any atom is 0.225 e. The molecule has 0 aliphatic carbocycles. The van der Waals surface area contributed by atoms with Crippen LogP contribution in [0.2, 0.25) is 0 Å². The molecule has 1 aliphatic rings. The highest BCUT2D eigenvalue weighted by Gasteiger charge is 2.22. The van der Waals surface area contributed by atoms with Crippen molar-refractivity contribution >= 4 is 10.9 Å². The van der Waals surface area contributed by atoms with Gasteiger partial charge in [-0.25, -0.2) is 4.98 Å². The first kappa shape index (κ1) is 22.0. The molecule has 0 saturated carbocycles. The molecule has 0 atom stereocenters. The number of fused-ring (bicyclic) bond motifs is 1. The van der Waals surface area contributed by atoms with Crippen LogP contribution in [0.3, 0.4) is 0 Å². The highest BCUT2D eigenvalue weighted by molar-refractivity contribution is 5.94. The summed E-state index contributed by atoms with van der Waals surface area (Å²) in [7, 11) is 6.38. The van der Waals surface area contributed by atoms with Gasteiger partial charge >= 0.3 is 0 Å². The Morgan fingerprint density at radius 3 is 2.19 bits per heavy atom. The van der Waals surface area contributed by atoms with Gasteiger partial charge < -0.3 is 23.7 Å². The summed E-state index contributed by atoms with van der Waals surface area (Å²) in [6, 6.07) is 9.42. The summed E-state index contributed by atoms with van der Waals surface area (Å²) in [4.78, 5) is 12.0. The van der Waals surface area contributed by atoms with E-state index in [0.717, 1.165) is 30.9 Å². The van der Waals surface area contributed by atoms with Crippen molar-refractivity contribution in [2.75, 3.05) is 54.7 Å². The van der Waals surface area contributed by atoms with Crippen LogP contribution in [-0.4, -0.2) is 69.5 Å². The van der Waals surface area contributed by atoms with Crippen molar-refractivity contribution in [2.24, 2.45) is 0 Å². The summed E-state index contributed by atoms with van der Waals surface area (Å²) in [6.45, 7) is 3.62. The minimum absolute atomic E-state index is 0.475. The van der Waals surface area contributed by atoms with Crippen molar-refractivity contribution in [1.82, 2.24) is 14.9 Å². The molecule has 32 heavy (non-hydrogen) atoms. The standard InChI is InChI=1S/C24H29N3O5/c1-28-17-9-7-16(8-10-17)23-25-20-18(15-19(29-2)21(30-3)22(20)31-4)24(26-23)32-14-13-27-11-5-6-12-27/h7-10,15H,5-6,11-14H2,1-4H3. The quantitative estimate of drug-likeness (QED) is 0.498. The lowest BCUT2D eigenvalue weighted by atomic mass is 10.1. The maximum absolute atomic E-state index is 6.19. The summed E-state index contributed by atoms with van der Waals surface area (Å²) in [5.74, 6) is 3.26. The fourth-order valence-electron chi connectivity index (χ4n) is 3.96. The van der Waals surface area contributed by atoms with Crippen LogP contribution in [0.1, 0.15) is 12.8 Å². The summed E-state index contributed by atoms with van der Waals surface area (Å²) in [6.07, 6.45) is 2.48. The predicted octanol–water partition coefficient (Wildman–Crippen LogP) is 3.81. The van der Waals surface area contributed by atoms with Crippen molar-refractivity contribution < 1.29 is 23.7 Å². The molecule has 170 valence electrons. The molecule has 0 bridgehead atoms. The first-order chi connectivity index (χ1) is 15.7. The van der Waals surface area contributed by atoms with Crippen LogP contribution >= 0.6 is 0 Å². The molecule has 1 fully saturated rings. The first-order valence-electron chi connectivity index (χ1n) is 10.7. The van der Waals surface area contributed by atoms with Crippen molar-refractivity contribution in [1.29, 1.82) is 0 Å². The number of methoxy groups -OCH3 is 4. The second-order valence-electron chi connectivity index (χ2n) is 7.52. The average molecular weight is 440 g/mol. The van der Waals surface area contributed by atoms with Crippen molar-refractivity contribution in [2.45, 2.75) is 12.8 Å². The molecule has 0 unspecified atom stereocenters. The van der Waals surface area contributed by atoms with E-state index in [4.69, 9.17) is 33.7 Å². The van der Waals surface area contributed by atoms with E-state index in [1.54, 1.807) is 28.4 Å². The van der Waals surface area contributed by atoms with Gasteiger partial charge in [0.05, 0.1) is 33.8 Å². The van der Waals surface area contributed by atoms with Crippen LogP contribution in [0.5, 0.6) is 28.9 Å². The lowest BCUT2D eigenvalue weighted by Gasteiger charge is -2.18. The zero-order valence-corrected chi connectivity index (χ0v) is 19.0. The summed E-state index contributed by atoms with van der Waals surface area (Å²) in [5, 5.41) is 0.707. The van der Waals surface area contributed by atoms with Gasteiger partial charge in [0, 0.05) is 12.1 Å². The molecule has 2 heterocycles. The summed E-state index contributed by atoms with van der Waals surface area (Å²) < 4.78 is 28.2. The molecule has 8 nitrogen and oxygen atoms in total. The van der Waals surface area contributed by atoms with Crippen LogP contribution in [0, 0.1) is 0 Å². The molecule has 4 rings (SSSR count). The number of benzene rings is 2. The first-order valence-corrected chi connectivity index (χ1v) is 10.7. The third-order valence-corrected chi connectivity index (χ3v) is 5.65. The Morgan fingerprint density at radius 2 is 1.56 bits per heavy atom. The van der Waals surface area contributed by atoms with Crippen molar-refractivity contribution in [3.63, 3.8) is 0 Å². The molecule has 0 N–H and O–H groups in total. The van der Waals surface area contributed by atoms with Gasteiger partial charge in [-0.1, -0.05) is 0 Å². The predicted molar refractivity (Wildman–Crippen MR) is 122 cm³/mol. The van der Waals surface area contributed by atoms with Gasteiger partial charge in [-0.05, 0) is 56.3 Å². The zero-order chi connectivity index (χ0) is 22.5. The lowest BCUT2D eigenvalue weighted by molar-refractivity contribution is 0.234. The van der Waals surface area contributed by atoms with Gasteiger partial charge in [0.25, 0.3) is 0 Å². The average Bonchev–Trinajstić information content (AvgIpc) is 3.36. The Morgan fingerprint density at radius 1 is 0.844 bits per heavy atom. The smallest absolute Gasteiger partial charge is 0.225 e. The molecular weight excluding hydrogens is 410 g/mol.